The molecule has 0 aromatic carbocycles. The van der Waals surface area contributed by atoms with E-state index in [9.17, 15) is 14.4 Å². The van der Waals surface area contributed by atoms with Crippen molar-refractivity contribution in [1.29, 1.82) is 0 Å². The Labute approximate surface area is 113 Å². The molecule has 0 bridgehead atoms. The molecule has 2 saturated heterocycles. The van der Waals surface area contributed by atoms with Crippen LogP contribution >= 0.6 is 0 Å². The van der Waals surface area contributed by atoms with Crippen LogP contribution in [0, 0.1) is 0 Å². The molecule has 2 aliphatic heterocycles. The highest BCUT2D eigenvalue weighted by Gasteiger charge is 2.38. The maximum atomic E-state index is 11.9. The Hall–Kier alpha value is -1.43. The van der Waals surface area contributed by atoms with Crippen LogP contribution in [-0.2, 0) is 14.4 Å². The highest BCUT2D eigenvalue weighted by molar-refractivity contribution is 6.05. The summed E-state index contributed by atoms with van der Waals surface area (Å²) in [5.41, 5.74) is 0. The second-order valence-corrected chi connectivity index (χ2v) is 5.24. The van der Waals surface area contributed by atoms with Crippen molar-refractivity contribution in [3.05, 3.63) is 0 Å². The summed E-state index contributed by atoms with van der Waals surface area (Å²) in [6.07, 6.45) is 1.76. The smallest absolute Gasteiger partial charge is 0.246 e. The monoisotopic (exact) mass is 267 g/mol. The molecule has 0 aromatic rings. The second kappa shape index (κ2) is 5.69. The van der Waals surface area contributed by atoms with Crippen LogP contribution < -0.4 is 5.32 Å². The van der Waals surface area contributed by atoms with Gasteiger partial charge in [0.25, 0.3) is 0 Å². The maximum absolute atomic E-state index is 11.9. The fourth-order valence-electron chi connectivity index (χ4n) is 2.77. The SMILES string of the molecule is CCN1C(=O)CC(NC(C)CN2CCCC2=O)C1=O. The number of imide groups is 1. The van der Waals surface area contributed by atoms with Gasteiger partial charge in [-0.2, -0.15) is 0 Å². The zero-order valence-electron chi connectivity index (χ0n) is 11.5. The lowest BCUT2D eigenvalue weighted by atomic mass is 10.2. The fraction of sp³-hybridized carbons (Fsp3) is 0.769. The van der Waals surface area contributed by atoms with Gasteiger partial charge in [0.05, 0.1) is 12.5 Å². The summed E-state index contributed by atoms with van der Waals surface area (Å²) in [6, 6.07) is -0.416. The van der Waals surface area contributed by atoms with Crippen molar-refractivity contribution in [2.24, 2.45) is 0 Å². The van der Waals surface area contributed by atoms with Gasteiger partial charge in [0, 0.05) is 32.1 Å². The van der Waals surface area contributed by atoms with Crippen molar-refractivity contribution in [3.63, 3.8) is 0 Å². The number of hydrogen-bond donors (Lipinski definition) is 1. The van der Waals surface area contributed by atoms with Crippen LogP contribution in [0.4, 0.5) is 0 Å². The lowest BCUT2D eigenvalue weighted by Gasteiger charge is -2.23. The van der Waals surface area contributed by atoms with Crippen LogP contribution in [-0.4, -0.2) is 59.2 Å². The van der Waals surface area contributed by atoms with E-state index in [0.29, 0.717) is 19.5 Å². The summed E-state index contributed by atoms with van der Waals surface area (Å²) < 4.78 is 0. The van der Waals surface area contributed by atoms with E-state index in [1.54, 1.807) is 6.92 Å². The van der Waals surface area contributed by atoms with Gasteiger partial charge in [-0.3, -0.25) is 19.3 Å². The molecule has 0 saturated carbocycles. The van der Waals surface area contributed by atoms with Gasteiger partial charge in [-0.25, -0.2) is 0 Å². The van der Waals surface area contributed by atoms with Gasteiger partial charge in [-0.1, -0.05) is 0 Å². The fourth-order valence-corrected chi connectivity index (χ4v) is 2.77. The van der Waals surface area contributed by atoms with Crippen LogP contribution in [0.1, 0.15) is 33.1 Å². The molecule has 2 fully saturated rings. The molecule has 2 atom stereocenters. The molecule has 19 heavy (non-hydrogen) atoms. The van der Waals surface area contributed by atoms with Crippen LogP contribution in [0.5, 0.6) is 0 Å². The lowest BCUT2D eigenvalue weighted by Crippen LogP contribution is -2.47. The molecule has 1 N–H and O–H groups in total. The van der Waals surface area contributed by atoms with Gasteiger partial charge >= 0.3 is 0 Å². The van der Waals surface area contributed by atoms with Crippen molar-refractivity contribution in [3.8, 4) is 0 Å². The van der Waals surface area contributed by atoms with Gasteiger partial charge in [0.1, 0.15) is 0 Å². The number of likely N-dealkylation sites (N-methyl/N-ethyl adjacent to an activating group) is 1. The van der Waals surface area contributed by atoms with Crippen molar-refractivity contribution in [2.75, 3.05) is 19.6 Å². The predicted octanol–water partition coefficient (Wildman–Crippen LogP) is -0.266. The number of likely N-dealkylation sites (tertiary alicyclic amines) is 2. The van der Waals surface area contributed by atoms with Gasteiger partial charge in [0.15, 0.2) is 0 Å². The van der Waals surface area contributed by atoms with Gasteiger partial charge in [0.2, 0.25) is 17.7 Å². The average Bonchev–Trinajstić information content (AvgIpc) is 2.85. The summed E-state index contributed by atoms with van der Waals surface area (Å²) >= 11 is 0. The molecule has 0 radical (unpaired) electrons. The number of nitrogens with one attached hydrogen (secondary N) is 1. The Morgan fingerprint density at radius 1 is 1.32 bits per heavy atom. The molecule has 0 spiro atoms. The van der Waals surface area contributed by atoms with E-state index < -0.39 is 6.04 Å². The van der Waals surface area contributed by atoms with Gasteiger partial charge in [-0.05, 0) is 20.3 Å². The number of hydrogen-bond acceptors (Lipinski definition) is 4. The first-order chi connectivity index (χ1) is 9.02. The Kier molecular flexibility index (Phi) is 4.19. The average molecular weight is 267 g/mol. The minimum atomic E-state index is -0.430. The van der Waals surface area contributed by atoms with E-state index in [4.69, 9.17) is 0 Å². The van der Waals surface area contributed by atoms with Crippen molar-refractivity contribution >= 4 is 17.7 Å². The molecule has 2 heterocycles. The molecule has 0 aliphatic carbocycles. The van der Waals surface area contributed by atoms with Crippen molar-refractivity contribution < 1.29 is 14.4 Å². The first-order valence-corrected chi connectivity index (χ1v) is 6.91. The zero-order valence-corrected chi connectivity index (χ0v) is 11.5. The Bertz CT molecular complexity index is 397. The van der Waals surface area contributed by atoms with Crippen LogP contribution in [0.15, 0.2) is 0 Å². The summed E-state index contributed by atoms with van der Waals surface area (Å²) in [5.74, 6) is -0.0841. The summed E-state index contributed by atoms with van der Waals surface area (Å²) in [4.78, 5) is 38.2. The molecule has 106 valence electrons. The van der Waals surface area contributed by atoms with Gasteiger partial charge < -0.3 is 10.2 Å². The Morgan fingerprint density at radius 3 is 2.58 bits per heavy atom. The lowest BCUT2D eigenvalue weighted by molar-refractivity contribution is -0.138. The molecule has 3 amide bonds. The first-order valence-electron chi connectivity index (χ1n) is 6.91. The molecule has 2 unspecified atom stereocenters. The van der Waals surface area contributed by atoms with Crippen molar-refractivity contribution in [2.45, 2.75) is 45.2 Å². The van der Waals surface area contributed by atoms with Crippen LogP contribution in [0.3, 0.4) is 0 Å². The molecule has 0 aromatic heterocycles. The van der Waals surface area contributed by atoms with E-state index in [-0.39, 0.29) is 30.2 Å². The third kappa shape index (κ3) is 2.94. The molecular weight excluding hydrogens is 246 g/mol. The summed E-state index contributed by atoms with van der Waals surface area (Å²) in [6.45, 7) is 5.56. The van der Waals surface area contributed by atoms with E-state index in [1.165, 1.54) is 4.90 Å². The molecular formula is C13H21N3O3. The topological polar surface area (TPSA) is 69.7 Å². The third-order valence-electron chi connectivity index (χ3n) is 3.71. The first kappa shape index (κ1) is 14.0. The predicted molar refractivity (Wildman–Crippen MR) is 69.2 cm³/mol. The normalized spacial score (nSPS) is 25.6. The van der Waals surface area contributed by atoms with Crippen LogP contribution in [0.25, 0.3) is 0 Å². The number of rotatable bonds is 5. The number of nitrogens with zero attached hydrogens (tertiary/aromatic N) is 2. The number of amides is 3. The number of carbonyl (C=O) groups excluding carboxylic acids is 3. The quantitative estimate of drug-likeness (QED) is 0.696. The largest absolute Gasteiger partial charge is 0.341 e. The maximum Gasteiger partial charge on any atom is 0.246 e. The standard InChI is InChI=1S/C13H21N3O3/c1-3-16-12(18)7-10(13(16)19)14-9(2)8-15-6-4-5-11(15)17/h9-10,14H,3-8H2,1-2H3. The highest BCUT2D eigenvalue weighted by Crippen LogP contribution is 2.14. The minimum Gasteiger partial charge on any atom is -0.341 e. The minimum absolute atomic E-state index is 0.0145. The van der Waals surface area contributed by atoms with Crippen LogP contribution in [0.2, 0.25) is 0 Å². The Balaban J connectivity index is 1.86. The third-order valence-corrected chi connectivity index (χ3v) is 3.71. The molecule has 6 nitrogen and oxygen atoms in total. The Morgan fingerprint density at radius 2 is 2.05 bits per heavy atom. The zero-order chi connectivity index (χ0) is 14.0. The van der Waals surface area contributed by atoms with E-state index >= 15 is 0 Å². The summed E-state index contributed by atoms with van der Waals surface area (Å²) in [7, 11) is 0. The molecule has 2 rings (SSSR count). The second-order valence-electron chi connectivity index (χ2n) is 5.24. The van der Waals surface area contributed by atoms with Gasteiger partial charge in [-0.15, -0.1) is 0 Å². The molecule has 6 heteroatoms. The van der Waals surface area contributed by atoms with Crippen molar-refractivity contribution in [1.82, 2.24) is 15.1 Å². The summed E-state index contributed by atoms with van der Waals surface area (Å²) in [5, 5.41) is 3.16. The van der Waals surface area contributed by atoms with E-state index in [1.807, 2.05) is 11.8 Å². The van der Waals surface area contributed by atoms with E-state index in [0.717, 1.165) is 13.0 Å². The van der Waals surface area contributed by atoms with E-state index in [2.05, 4.69) is 5.32 Å². The molecule has 2 aliphatic rings. The highest BCUT2D eigenvalue weighted by atomic mass is 16.2. The number of carbonyl (C=O) groups is 3.